The molecule has 0 aliphatic carbocycles. The standard InChI is InChI=1S/C9H13O5P/c1-4-5-12-9(10)6-15(11)13-7(2)8(3)14-15/h1,7-8H,5-6H2,2-3H3. The molecule has 2 unspecified atom stereocenters. The molecule has 1 aliphatic rings. The molecule has 0 spiro atoms. The summed E-state index contributed by atoms with van der Waals surface area (Å²) < 4.78 is 26.6. The Kier molecular flexibility index (Phi) is 3.92. The molecule has 0 aromatic rings. The van der Waals surface area contributed by atoms with Crippen molar-refractivity contribution in [2.45, 2.75) is 26.1 Å². The van der Waals surface area contributed by atoms with Crippen LogP contribution in [0.15, 0.2) is 0 Å². The molecule has 0 aromatic heterocycles. The van der Waals surface area contributed by atoms with E-state index in [2.05, 4.69) is 10.7 Å². The highest BCUT2D eigenvalue weighted by Crippen LogP contribution is 2.56. The molecule has 5 nitrogen and oxygen atoms in total. The molecule has 15 heavy (non-hydrogen) atoms. The highest BCUT2D eigenvalue weighted by Gasteiger charge is 2.41. The van der Waals surface area contributed by atoms with Crippen LogP contribution in [0, 0.1) is 12.3 Å². The first-order valence-electron chi connectivity index (χ1n) is 4.52. The maximum Gasteiger partial charge on any atom is 0.342 e. The van der Waals surface area contributed by atoms with Gasteiger partial charge in [-0.1, -0.05) is 5.92 Å². The van der Waals surface area contributed by atoms with Crippen LogP contribution >= 0.6 is 7.60 Å². The summed E-state index contributed by atoms with van der Waals surface area (Å²) in [7, 11) is -3.32. The van der Waals surface area contributed by atoms with Gasteiger partial charge in [0.1, 0.15) is 6.16 Å². The van der Waals surface area contributed by atoms with Gasteiger partial charge in [0.2, 0.25) is 0 Å². The first-order chi connectivity index (χ1) is 6.97. The van der Waals surface area contributed by atoms with Crippen LogP contribution in [-0.4, -0.2) is 30.9 Å². The molecular formula is C9H13O5P. The predicted molar refractivity (Wildman–Crippen MR) is 53.4 cm³/mol. The molecule has 1 rings (SSSR count). The van der Waals surface area contributed by atoms with Crippen LogP contribution in [-0.2, 0) is 23.1 Å². The summed E-state index contributed by atoms with van der Waals surface area (Å²) in [5.41, 5.74) is 0. The van der Waals surface area contributed by atoms with E-state index >= 15 is 0 Å². The zero-order valence-corrected chi connectivity index (χ0v) is 9.53. The summed E-state index contributed by atoms with van der Waals surface area (Å²) in [6.45, 7) is 3.33. The largest absolute Gasteiger partial charge is 0.452 e. The summed E-state index contributed by atoms with van der Waals surface area (Å²) in [6, 6.07) is 0. The third kappa shape index (κ3) is 3.35. The molecule has 2 atom stereocenters. The number of carbonyl (C=O) groups excluding carboxylic acids is 1. The van der Waals surface area contributed by atoms with Crippen LogP contribution in [0.3, 0.4) is 0 Å². The van der Waals surface area contributed by atoms with Gasteiger partial charge in [-0.2, -0.15) is 0 Å². The van der Waals surface area contributed by atoms with Gasteiger partial charge in [0.25, 0.3) is 0 Å². The molecule has 0 saturated carbocycles. The molecule has 1 aliphatic heterocycles. The Labute approximate surface area is 88.6 Å². The van der Waals surface area contributed by atoms with Crippen LogP contribution in [0.5, 0.6) is 0 Å². The summed E-state index contributed by atoms with van der Waals surface area (Å²) in [5, 5.41) is 0. The first kappa shape index (κ1) is 12.3. The number of esters is 1. The van der Waals surface area contributed by atoms with Crippen molar-refractivity contribution in [3.8, 4) is 12.3 Å². The van der Waals surface area contributed by atoms with Crippen LogP contribution in [0.2, 0.25) is 0 Å². The van der Waals surface area contributed by atoms with Crippen molar-refractivity contribution in [3.63, 3.8) is 0 Å². The third-order valence-electron chi connectivity index (χ3n) is 1.95. The van der Waals surface area contributed by atoms with Crippen molar-refractivity contribution >= 4 is 13.6 Å². The van der Waals surface area contributed by atoms with Crippen molar-refractivity contribution in [1.29, 1.82) is 0 Å². The Balaban J connectivity index is 2.49. The lowest BCUT2D eigenvalue weighted by Gasteiger charge is -2.08. The summed E-state index contributed by atoms with van der Waals surface area (Å²) in [6.07, 6.45) is 3.96. The number of carbonyl (C=O) groups is 1. The van der Waals surface area contributed by atoms with E-state index in [9.17, 15) is 9.36 Å². The van der Waals surface area contributed by atoms with E-state index in [0.717, 1.165) is 0 Å². The lowest BCUT2D eigenvalue weighted by Crippen LogP contribution is -2.13. The molecule has 0 bridgehead atoms. The van der Waals surface area contributed by atoms with Crippen molar-refractivity contribution in [2.75, 3.05) is 12.8 Å². The third-order valence-corrected chi connectivity index (χ3v) is 3.91. The average molecular weight is 232 g/mol. The van der Waals surface area contributed by atoms with Gasteiger partial charge in [-0.3, -0.25) is 9.36 Å². The van der Waals surface area contributed by atoms with Crippen molar-refractivity contribution in [2.24, 2.45) is 0 Å². The number of terminal acetylenes is 1. The van der Waals surface area contributed by atoms with E-state index in [4.69, 9.17) is 15.5 Å². The van der Waals surface area contributed by atoms with Crippen molar-refractivity contribution < 1.29 is 23.1 Å². The smallest absolute Gasteiger partial charge is 0.342 e. The average Bonchev–Trinajstić information content (AvgIpc) is 2.37. The maximum absolute atomic E-state index is 11.8. The van der Waals surface area contributed by atoms with Gasteiger partial charge in [-0.05, 0) is 13.8 Å². The molecule has 0 N–H and O–H groups in total. The Hall–Kier alpha value is -0.820. The lowest BCUT2D eigenvalue weighted by molar-refractivity contribution is -0.139. The van der Waals surface area contributed by atoms with E-state index in [1.54, 1.807) is 13.8 Å². The minimum Gasteiger partial charge on any atom is -0.452 e. The van der Waals surface area contributed by atoms with Gasteiger partial charge in [0.05, 0.1) is 12.2 Å². The Morgan fingerprint density at radius 2 is 2.00 bits per heavy atom. The molecule has 0 aromatic carbocycles. The van der Waals surface area contributed by atoms with E-state index in [-0.39, 0.29) is 25.0 Å². The fraction of sp³-hybridized carbons (Fsp3) is 0.667. The monoisotopic (exact) mass is 232 g/mol. The minimum atomic E-state index is -3.32. The number of rotatable bonds is 3. The quantitative estimate of drug-likeness (QED) is 0.415. The minimum absolute atomic E-state index is 0.135. The SMILES string of the molecule is C#CCOC(=O)CP1(=O)OC(C)C(C)O1. The lowest BCUT2D eigenvalue weighted by atomic mass is 10.3. The van der Waals surface area contributed by atoms with Gasteiger partial charge in [0.15, 0.2) is 6.61 Å². The molecule has 1 saturated heterocycles. The molecule has 0 radical (unpaired) electrons. The molecule has 1 heterocycles. The van der Waals surface area contributed by atoms with Crippen LogP contribution in [0.25, 0.3) is 0 Å². The second-order valence-corrected chi connectivity index (χ2v) is 5.21. The van der Waals surface area contributed by atoms with Gasteiger partial charge < -0.3 is 13.8 Å². The first-order valence-corrected chi connectivity index (χ1v) is 6.24. The van der Waals surface area contributed by atoms with Gasteiger partial charge in [-0.25, -0.2) is 0 Å². The van der Waals surface area contributed by atoms with Crippen LogP contribution < -0.4 is 0 Å². The molecule has 1 fully saturated rings. The fourth-order valence-electron chi connectivity index (χ4n) is 1.10. The normalized spacial score (nSPS) is 34.7. The Morgan fingerprint density at radius 3 is 2.47 bits per heavy atom. The van der Waals surface area contributed by atoms with Crippen molar-refractivity contribution in [1.82, 2.24) is 0 Å². The summed E-state index contributed by atoms with van der Waals surface area (Å²) in [5.74, 6) is 1.47. The van der Waals surface area contributed by atoms with Crippen LogP contribution in [0.4, 0.5) is 0 Å². The Morgan fingerprint density at radius 1 is 1.47 bits per heavy atom. The highest BCUT2D eigenvalue weighted by atomic mass is 31.2. The second-order valence-electron chi connectivity index (χ2n) is 3.25. The topological polar surface area (TPSA) is 61.8 Å². The molecule has 6 heteroatoms. The van der Waals surface area contributed by atoms with Gasteiger partial charge in [-0.15, -0.1) is 6.42 Å². The number of ether oxygens (including phenoxy) is 1. The van der Waals surface area contributed by atoms with E-state index in [1.807, 2.05) is 0 Å². The molecule has 84 valence electrons. The maximum atomic E-state index is 11.8. The van der Waals surface area contributed by atoms with E-state index in [1.165, 1.54) is 0 Å². The number of hydrogen-bond donors (Lipinski definition) is 0. The Bertz CT molecular complexity index is 318. The van der Waals surface area contributed by atoms with Gasteiger partial charge in [0, 0.05) is 0 Å². The van der Waals surface area contributed by atoms with Crippen LogP contribution in [0.1, 0.15) is 13.8 Å². The second kappa shape index (κ2) is 4.80. The predicted octanol–water partition coefficient (Wildman–Crippen LogP) is 1.18. The van der Waals surface area contributed by atoms with Gasteiger partial charge >= 0.3 is 13.6 Å². The van der Waals surface area contributed by atoms with Crippen molar-refractivity contribution in [3.05, 3.63) is 0 Å². The summed E-state index contributed by atoms with van der Waals surface area (Å²) >= 11 is 0. The molecular weight excluding hydrogens is 219 g/mol. The fourth-order valence-corrected chi connectivity index (χ4v) is 3.07. The zero-order chi connectivity index (χ0) is 11.5. The molecule has 0 amide bonds. The van der Waals surface area contributed by atoms with E-state index in [0.29, 0.717) is 0 Å². The highest BCUT2D eigenvalue weighted by molar-refractivity contribution is 7.55. The number of hydrogen-bond acceptors (Lipinski definition) is 5. The van der Waals surface area contributed by atoms with E-state index < -0.39 is 13.6 Å². The summed E-state index contributed by atoms with van der Waals surface area (Å²) in [4.78, 5) is 11.1. The zero-order valence-electron chi connectivity index (χ0n) is 8.63.